The molecule has 0 radical (unpaired) electrons. The Hall–Kier alpha value is -1.16. The van der Waals surface area contributed by atoms with Crippen molar-refractivity contribution in [3.63, 3.8) is 0 Å². The molecule has 1 aromatic carbocycles. The molecular weight excluding hydrogens is 284 g/mol. The monoisotopic (exact) mass is 298 g/mol. The van der Waals surface area contributed by atoms with Gasteiger partial charge in [-0.05, 0) is 31.0 Å². The molecule has 0 saturated heterocycles. The van der Waals surface area contributed by atoms with Crippen molar-refractivity contribution < 1.29 is 14.3 Å². The fraction of sp³-hybridized carbons (Fsp3) is 0.385. The topological polar surface area (TPSA) is 43.4 Å². The summed E-state index contributed by atoms with van der Waals surface area (Å²) in [5, 5.41) is 0. The molecule has 3 nitrogen and oxygen atoms in total. The van der Waals surface area contributed by atoms with Crippen LogP contribution in [0.5, 0.6) is 5.75 Å². The zero-order valence-electron chi connectivity index (χ0n) is 9.52. The number of carbonyl (C=O) groups excluding carboxylic acids is 2. The average Bonchev–Trinajstić information content (AvgIpc) is 2.29. The largest absolute Gasteiger partial charge is 0.426 e. The second kappa shape index (κ2) is 8.01. The lowest BCUT2D eigenvalue weighted by Crippen LogP contribution is -2.07. The number of aldehydes is 1. The van der Waals surface area contributed by atoms with Gasteiger partial charge in [0.25, 0.3) is 0 Å². The maximum absolute atomic E-state index is 11.4. The highest BCUT2D eigenvalue weighted by Gasteiger charge is 2.04. The number of hydrogen-bond acceptors (Lipinski definition) is 3. The molecule has 0 bridgehead atoms. The predicted molar refractivity (Wildman–Crippen MR) is 68.9 cm³/mol. The van der Waals surface area contributed by atoms with Crippen molar-refractivity contribution >= 4 is 28.2 Å². The molecule has 0 aromatic heterocycles. The number of esters is 1. The van der Waals surface area contributed by atoms with Crippen LogP contribution < -0.4 is 4.74 Å². The molecule has 0 heterocycles. The molecule has 0 aliphatic carbocycles. The van der Waals surface area contributed by atoms with E-state index >= 15 is 0 Å². The maximum Gasteiger partial charge on any atom is 0.311 e. The number of rotatable bonds is 7. The lowest BCUT2D eigenvalue weighted by atomic mass is 10.1. The first-order valence-corrected chi connectivity index (χ1v) is 6.41. The molecule has 0 aliphatic rings. The van der Waals surface area contributed by atoms with Gasteiger partial charge < -0.3 is 9.53 Å². The van der Waals surface area contributed by atoms with Gasteiger partial charge in [0.2, 0.25) is 0 Å². The maximum atomic E-state index is 11.4. The summed E-state index contributed by atoms with van der Waals surface area (Å²) in [5.74, 6) is 0.325. The van der Waals surface area contributed by atoms with Gasteiger partial charge in [-0.3, -0.25) is 4.79 Å². The van der Waals surface area contributed by atoms with Crippen molar-refractivity contribution in [2.75, 3.05) is 0 Å². The van der Waals surface area contributed by atoms with Crippen molar-refractivity contribution in [2.24, 2.45) is 0 Å². The number of ether oxygens (including phenoxy) is 1. The van der Waals surface area contributed by atoms with Gasteiger partial charge in [0, 0.05) is 17.3 Å². The second-order valence-electron chi connectivity index (χ2n) is 3.70. The summed E-state index contributed by atoms with van der Waals surface area (Å²) >= 11 is 3.31. The van der Waals surface area contributed by atoms with E-state index in [9.17, 15) is 9.59 Å². The first-order valence-electron chi connectivity index (χ1n) is 5.62. The number of hydrogen-bond donors (Lipinski definition) is 0. The molecule has 0 fully saturated rings. The average molecular weight is 299 g/mol. The van der Waals surface area contributed by atoms with Crippen LogP contribution in [0.4, 0.5) is 0 Å². The molecule has 0 spiro atoms. The molecule has 4 heteroatoms. The van der Waals surface area contributed by atoms with Crippen LogP contribution in [0.1, 0.15) is 32.1 Å². The first-order chi connectivity index (χ1) is 8.22. The van der Waals surface area contributed by atoms with E-state index < -0.39 is 0 Å². The van der Waals surface area contributed by atoms with E-state index in [0.717, 1.165) is 30.0 Å². The Balaban J connectivity index is 2.23. The van der Waals surface area contributed by atoms with Crippen LogP contribution in [0.3, 0.4) is 0 Å². The lowest BCUT2D eigenvalue weighted by molar-refractivity contribution is -0.134. The molecule has 1 aromatic rings. The van der Waals surface area contributed by atoms with Crippen LogP contribution >= 0.6 is 15.9 Å². The van der Waals surface area contributed by atoms with Crippen LogP contribution in [0, 0.1) is 0 Å². The fourth-order valence-electron chi connectivity index (χ4n) is 1.39. The van der Waals surface area contributed by atoms with Gasteiger partial charge in [0.1, 0.15) is 12.0 Å². The molecular formula is C13H15BrO3. The van der Waals surface area contributed by atoms with Gasteiger partial charge in [-0.15, -0.1) is 0 Å². The fourth-order valence-corrected chi connectivity index (χ4v) is 1.76. The molecule has 0 saturated carbocycles. The van der Waals surface area contributed by atoms with Crippen LogP contribution in [-0.4, -0.2) is 12.3 Å². The van der Waals surface area contributed by atoms with Crippen LogP contribution in [0.25, 0.3) is 0 Å². The molecule has 0 aliphatic heterocycles. The molecule has 0 unspecified atom stereocenters. The van der Waals surface area contributed by atoms with Crippen LogP contribution in [0.15, 0.2) is 28.7 Å². The molecule has 0 N–H and O–H groups in total. The Morgan fingerprint density at radius 2 is 2.12 bits per heavy atom. The highest BCUT2D eigenvalue weighted by atomic mass is 79.9. The minimum atomic E-state index is -0.228. The molecule has 17 heavy (non-hydrogen) atoms. The SMILES string of the molecule is O=CCCCCCC(=O)Oc1cccc(Br)c1. The Bertz CT molecular complexity index is 377. The smallest absolute Gasteiger partial charge is 0.311 e. The summed E-state index contributed by atoms with van der Waals surface area (Å²) in [7, 11) is 0. The van der Waals surface area contributed by atoms with E-state index in [4.69, 9.17) is 4.74 Å². The van der Waals surface area contributed by atoms with E-state index in [-0.39, 0.29) is 5.97 Å². The van der Waals surface area contributed by atoms with Crippen molar-refractivity contribution in [1.82, 2.24) is 0 Å². The molecule has 0 amide bonds. The molecule has 0 atom stereocenters. The predicted octanol–water partition coefficient (Wildman–Crippen LogP) is 3.50. The highest BCUT2D eigenvalue weighted by molar-refractivity contribution is 9.10. The van der Waals surface area contributed by atoms with Gasteiger partial charge in [-0.2, -0.15) is 0 Å². The van der Waals surface area contributed by atoms with Crippen molar-refractivity contribution in [1.29, 1.82) is 0 Å². The van der Waals surface area contributed by atoms with Crippen molar-refractivity contribution in [2.45, 2.75) is 32.1 Å². The standard InChI is InChI=1S/C13H15BrO3/c14-11-6-5-7-12(10-11)17-13(16)8-3-1-2-4-9-15/h5-7,9-10H,1-4,8H2. The number of halogens is 1. The number of unbranched alkanes of at least 4 members (excludes halogenated alkanes) is 3. The van der Waals surface area contributed by atoms with E-state index in [1.54, 1.807) is 12.1 Å². The Morgan fingerprint density at radius 1 is 1.29 bits per heavy atom. The number of carbonyl (C=O) groups is 2. The Morgan fingerprint density at radius 3 is 2.82 bits per heavy atom. The summed E-state index contributed by atoms with van der Waals surface area (Å²) in [4.78, 5) is 21.5. The van der Waals surface area contributed by atoms with Crippen molar-refractivity contribution in [3.8, 4) is 5.75 Å². The third-order valence-electron chi connectivity index (χ3n) is 2.23. The molecule has 1 rings (SSSR count). The minimum Gasteiger partial charge on any atom is -0.426 e. The van der Waals surface area contributed by atoms with Crippen LogP contribution in [0.2, 0.25) is 0 Å². The summed E-state index contributed by atoms with van der Waals surface area (Å²) in [6.07, 6.45) is 4.35. The zero-order valence-corrected chi connectivity index (χ0v) is 11.1. The second-order valence-corrected chi connectivity index (χ2v) is 4.61. The summed E-state index contributed by atoms with van der Waals surface area (Å²) in [6.45, 7) is 0. The van der Waals surface area contributed by atoms with Gasteiger partial charge in [-0.1, -0.05) is 28.4 Å². The summed E-state index contributed by atoms with van der Waals surface area (Å²) in [6, 6.07) is 7.19. The molecule has 92 valence electrons. The normalized spacial score (nSPS) is 9.94. The van der Waals surface area contributed by atoms with E-state index in [1.807, 2.05) is 12.1 Å². The Kier molecular flexibility index (Phi) is 6.55. The number of benzene rings is 1. The van der Waals surface area contributed by atoms with Crippen LogP contribution in [-0.2, 0) is 9.59 Å². The quantitative estimate of drug-likeness (QED) is 0.335. The highest BCUT2D eigenvalue weighted by Crippen LogP contribution is 2.18. The third kappa shape index (κ3) is 6.22. The zero-order chi connectivity index (χ0) is 12.5. The minimum absolute atomic E-state index is 0.228. The van der Waals surface area contributed by atoms with E-state index in [1.165, 1.54) is 0 Å². The van der Waals surface area contributed by atoms with Gasteiger partial charge in [-0.25, -0.2) is 0 Å². The first kappa shape index (κ1) is 13.9. The van der Waals surface area contributed by atoms with E-state index in [2.05, 4.69) is 15.9 Å². The van der Waals surface area contributed by atoms with Crippen molar-refractivity contribution in [3.05, 3.63) is 28.7 Å². The van der Waals surface area contributed by atoms with Gasteiger partial charge in [0.15, 0.2) is 0 Å². The summed E-state index contributed by atoms with van der Waals surface area (Å²) < 4.78 is 6.05. The van der Waals surface area contributed by atoms with E-state index in [0.29, 0.717) is 18.6 Å². The summed E-state index contributed by atoms with van der Waals surface area (Å²) in [5.41, 5.74) is 0. The Labute approximate surface area is 109 Å². The van der Waals surface area contributed by atoms with Gasteiger partial charge in [0.05, 0.1) is 0 Å². The third-order valence-corrected chi connectivity index (χ3v) is 2.72. The van der Waals surface area contributed by atoms with Gasteiger partial charge >= 0.3 is 5.97 Å². The lowest BCUT2D eigenvalue weighted by Gasteiger charge is -2.04.